The van der Waals surface area contributed by atoms with E-state index in [1.807, 2.05) is 36.2 Å². The van der Waals surface area contributed by atoms with Crippen molar-refractivity contribution in [3.8, 4) is 11.3 Å². The van der Waals surface area contributed by atoms with Crippen molar-refractivity contribution in [2.24, 2.45) is 4.99 Å². The number of amides is 1. The molecule has 7 nitrogen and oxygen atoms in total. The van der Waals surface area contributed by atoms with Gasteiger partial charge in [0, 0.05) is 32.6 Å². The van der Waals surface area contributed by atoms with Crippen molar-refractivity contribution in [1.82, 2.24) is 25.5 Å². The Labute approximate surface area is 160 Å². The average Bonchev–Trinajstić information content (AvgIpc) is 3.33. The van der Waals surface area contributed by atoms with Crippen molar-refractivity contribution in [1.29, 1.82) is 0 Å². The van der Waals surface area contributed by atoms with E-state index in [0.29, 0.717) is 13.0 Å². The minimum Gasteiger partial charge on any atom is -0.357 e. The fourth-order valence-electron chi connectivity index (χ4n) is 3.12. The number of nitrogens with zero attached hydrogens (tertiary/aromatic N) is 3. The molecule has 1 fully saturated rings. The van der Waals surface area contributed by atoms with Crippen molar-refractivity contribution >= 4 is 11.9 Å². The van der Waals surface area contributed by atoms with Gasteiger partial charge in [-0.05, 0) is 25.3 Å². The summed E-state index contributed by atoms with van der Waals surface area (Å²) < 4.78 is 0. The van der Waals surface area contributed by atoms with Gasteiger partial charge in [-0.25, -0.2) is 9.98 Å². The number of imidazole rings is 1. The number of H-pyrrole nitrogens is 1. The molecular formula is C20H28N6O. The average molecular weight is 368 g/mol. The number of rotatable bonds is 8. The Morgan fingerprint density at radius 1 is 1.30 bits per heavy atom. The van der Waals surface area contributed by atoms with E-state index in [1.54, 1.807) is 0 Å². The van der Waals surface area contributed by atoms with E-state index in [2.05, 4.69) is 37.7 Å². The second-order valence-electron chi connectivity index (χ2n) is 6.57. The number of aromatic nitrogens is 2. The highest BCUT2D eigenvalue weighted by Gasteiger charge is 2.18. The molecule has 0 spiro atoms. The highest BCUT2D eigenvalue weighted by atomic mass is 16.2. The van der Waals surface area contributed by atoms with Crippen molar-refractivity contribution < 1.29 is 4.79 Å². The number of likely N-dealkylation sites (tertiary alicyclic amines) is 1. The molecule has 1 aliphatic rings. The number of hydrogen-bond acceptors (Lipinski definition) is 3. The lowest BCUT2D eigenvalue weighted by molar-refractivity contribution is -0.127. The highest BCUT2D eigenvalue weighted by Crippen LogP contribution is 2.16. The van der Waals surface area contributed by atoms with Crippen molar-refractivity contribution in [3.05, 3.63) is 42.4 Å². The van der Waals surface area contributed by atoms with Gasteiger partial charge in [-0.2, -0.15) is 0 Å². The Morgan fingerprint density at radius 2 is 2.15 bits per heavy atom. The van der Waals surface area contributed by atoms with E-state index in [-0.39, 0.29) is 5.91 Å². The summed E-state index contributed by atoms with van der Waals surface area (Å²) in [5.41, 5.74) is 2.11. The zero-order chi connectivity index (χ0) is 18.9. The minimum atomic E-state index is 0.280. The Balaban J connectivity index is 1.48. The van der Waals surface area contributed by atoms with Gasteiger partial charge in [0.1, 0.15) is 12.4 Å². The van der Waals surface area contributed by atoms with Gasteiger partial charge < -0.3 is 20.5 Å². The molecule has 1 aromatic heterocycles. The summed E-state index contributed by atoms with van der Waals surface area (Å²) in [6.45, 7) is 5.80. The zero-order valence-electron chi connectivity index (χ0n) is 15.9. The maximum Gasteiger partial charge on any atom is 0.222 e. The molecule has 1 aliphatic heterocycles. The summed E-state index contributed by atoms with van der Waals surface area (Å²) in [6, 6.07) is 10.1. The summed E-state index contributed by atoms with van der Waals surface area (Å²) >= 11 is 0. The zero-order valence-corrected chi connectivity index (χ0v) is 15.9. The molecular weight excluding hydrogens is 340 g/mol. The normalized spacial score (nSPS) is 14.6. The predicted molar refractivity (Wildman–Crippen MR) is 107 cm³/mol. The minimum absolute atomic E-state index is 0.280. The van der Waals surface area contributed by atoms with Crippen LogP contribution in [-0.4, -0.2) is 52.9 Å². The summed E-state index contributed by atoms with van der Waals surface area (Å²) in [5, 5.41) is 6.57. The van der Waals surface area contributed by atoms with Crippen molar-refractivity contribution in [2.45, 2.75) is 32.7 Å². The van der Waals surface area contributed by atoms with Crippen LogP contribution in [0.2, 0.25) is 0 Å². The van der Waals surface area contributed by atoms with Crippen molar-refractivity contribution in [3.63, 3.8) is 0 Å². The van der Waals surface area contributed by atoms with E-state index in [1.165, 1.54) is 0 Å². The van der Waals surface area contributed by atoms with Gasteiger partial charge in [0.25, 0.3) is 0 Å². The highest BCUT2D eigenvalue weighted by molar-refractivity contribution is 5.79. The molecule has 1 saturated heterocycles. The van der Waals surface area contributed by atoms with E-state index >= 15 is 0 Å². The number of benzene rings is 1. The van der Waals surface area contributed by atoms with Crippen LogP contribution in [0, 0.1) is 0 Å². The number of aliphatic imine (C=N–C) groups is 1. The largest absolute Gasteiger partial charge is 0.357 e. The van der Waals surface area contributed by atoms with Crippen LogP contribution in [0.4, 0.5) is 0 Å². The van der Waals surface area contributed by atoms with Crippen LogP contribution in [0.1, 0.15) is 32.0 Å². The number of carbonyl (C=O) groups excluding carboxylic acids is 1. The molecule has 0 radical (unpaired) electrons. The molecule has 27 heavy (non-hydrogen) atoms. The molecule has 2 heterocycles. The molecule has 0 unspecified atom stereocenters. The third-order valence-corrected chi connectivity index (χ3v) is 4.51. The standard InChI is InChI=1S/C20H28N6O/c1-2-21-20(22-11-7-13-26-12-6-10-19(26)27)24-15-18-23-14-17(25-18)16-8-4-3-5-9-16/h3-5,8-9,14H,2,6-7,10-13,15H2,1H3,(H,23,25)(H2,21,22,24). The molecule has 1 aromatic carbocycles. The van der Waals surface area contributed by atoms with E-state index < -0.39 is 0 Å². The first-order chi connectivity index (χ1) is 13.3. The second kappa shape index (κ2) is 9.75. The number of carbonyl (C=O) groups is 1. The molecule has 3 rings (SSSR count). The van der Waals surface area contributed by atoms with Crippen LogP contribution in [0.15, 0.2) is 41.5 Å². The fourth-order valence-corrected chi connectivity index (χ4v) is 3.12. The molecule has 144 valence electrons. The van der Waals surface area contributed by atoms with Crippen LogP contribution < -0.4 is 10.6 Å². The Bertz CT molecular complexity index is 755. The Kier molecular flexibility index (Phi) is 6.84. The predicted octanol–water partition coefficient (Wildman–Crippen LogP) is 2.14. The van der Waals surface area contributed by atoms with E-state index in [4.69, 9.17) is 0 Å². The van der Waals surface area contributed by atoms with E-state index in [9.17, 15) is 4.79 Å². The monoisotopic (exact) mass is 368 g/mol. The Morgan fingerprint density at radius 3 is 2.89 bits per heavy atom. The van der Waals surface area contributed by atoms with Gasteiger partial charge in [0.2, 0.25) is 5.91 Å². The van der Waals surface area contributed by atoms with Crippen molar-refractivity contribution in [2.75, 3.05) is 26.2 Å². The summed E-state index contributed by atoms with van der Waals surface area (Å²) in [6.07, 6.45) is 4.44. The molecule has 7 heteroatoms. The molecule has 0 saturated carbocycles. The van der Waals surface area contributed by atoms with Gasteiger partial charge >= 0.3 is 0 Å². The smallest absolute Gasteiger partial charge is 0.222 e. The third kappa shape index (κ3) is 5.57. The molecule has 2 aromatic rings. The lowest BCUT2D eigenvalue weighted by atomic mass is 10.2. The first kappa shape index (κ1) is 18.9. The number of nitrogens with one attached hydrogen (secondary N) is 3. The second-order valence-corrected chi connectivity index (χ2v) is 6.57. The summed E-state index contributed by atoms with van der Waals surface area (Å²) in [5.74, 6) is 1.87. The maximum absolute atomic E-state index is 11.6. The quantitative estimate of drug-likeness (QED) is 0.379. The third-order valence-electron chi connectivity index (χ3n) is 4.51. The molecule has 3 N–H and O–H groups in total. The van der Waals surface area contributed by atoms with E-state index in [0.717, 1.165) is 62.1 Å². The van der Waals surface area contributed by atoms with Crippen LogP contribution in [0.5, 0.6) is 0 Å². The van der Waals surface area contributed by atoms with Crippen LogP contribution in [0.25, 0.3) is 11.3 Å². The van der Waals surface area contributed by atoms with Crippen LogP contribution in [-0.2, 0) is 11.3 Å². The first-order valence-electron chi connectivity index (χ1n) is 9.65. The lowest BCUT2D eigenvalue weighted by Gasteiger charge is -2.16. The van der Waals surface area contributed by atoms with Gasteiger partial charge in [0.15, 0.2) is 5.96 Å². The fraction of sp³-hybridized carbons (Fsp3) is 0.450. The van der Waals surface area contributed by atoms with Gasteiger partial charge in [-0.3, -0.25) is 4.79 Å². The molecule has 0 atom stereocenters. The number of aromatic amines is 1. The first-order valence-corrected chi connectivity index (χ1v) is 9.65. The topological polar surface area (TPSA) is 85.4 Å². The van der Waals surface area contributed by atoms with Crippen LogP contribution >= 0.6 is 0 Å². The summed E-state index contributed by atoms with van der Waals surface area (Å²) in [4.78, 5) is 25.9. The molecule has 1 amide bonds. The van der Waals surface area contributed by atoms with Gasteiger partial charge in [0.05, 0.1) is 11.9 Å². The maximum atomic E-state index is 11.6. The number of hydrogen-bond donors (Lipinski definition) is 3. The SMILES string of the molecule is CCNC(=NCc1ncc(-c2ccccc2)[nH]1)NCCCN1CCCC1=O. The molecule has 0 aliphatic carbocycles. The van der Waals surface area contributed by atoms with Gasteiger partial charge in [-0.1, -0.05) is 30.3 Å². The number of guanidine groups is 1. The lowest BCUT2D eigenvalue weighted by Crippen LogP contribution is -2.39. The summed E-state index contributed by atoms with van der Waals surface area (Å²) in [7, 11) is 0. The van der Waals surface area contributed by atoms with Gasteiger partial charge in [-0.15, -0.1) is 0 Å². The Hall–Kier alpha value is -2.83. The molecule has 0 bridgehead atoms. The van der Waals surface area contributed by atoms with Crippen LogP contribution in [0.3, 0.4) is 0 Å².